The number of nitrogens with zero attached hydrogens (tertiary/aromatic N) is 1. The Labute approximate surface area is 115 Å². The molecule has 0 unspecified atom stereocenters. The molecule has 1 heterocycles. The minimum absolute atomic E-state index is 0.00152. The van der Waals surface area contributed by atoms with Crippen LogP contribution in [0.5, 0.6) is 0 Å². The fraction of sp³-hybridized carbons (Fsp3) is 0.364. The second-order valence-electron chi connectivity index (χ2n) is 3.98. The molecule has 110 valence electrons. The first-order valence-electron chi connectivity index (χ1n) is 5.49. The van der Waals surface area contributed by atoms with Gasteiger partial charge in [0.05, 0.1) is 18.4 Å². The number of carboxylic acids is 1. The van der Waals surface area contributed by atoms with Gasteiger partial charge in [0.25, 0.3) is 0 Å². The number of carboxylic acid groups (broad SMARTS) is 1. The van der Waals surface area contributed by atoms with Gasteiger partial charge >= 0.3 is 11.9 Å². The molecule has 0 aromatic carbocycles. The third kappa shape index (κ3) is 3.52. The number of aryl methyl sites for hydroxylation is 1. The van der Waals surface area contributed by atoms with Crippen LogP contribution in [0.15, 0.2) is 17.2 Å². The smallest absolute Gasteiger partial charge is 0.339 e. The Bertz CT molecular complexity index is 640. The summed E-state index contributed by atoms with van der Waals surface area (Å²) in [5.41, 5.74) is 0.306. The lowest BCUT2D eigenvalue weighted by Crippen LogP contribution is -2.38. The molecule has 2 N–H and O–H groups in total. The fourth-order valence-corrected chi connectivity index (χ4v) is 2.50. The second kappa shape index (κ2) is 5.97. The molecule has 0 aliphatic carbocycles. The van der Waals surface area contributed by atoms with Crippen LogP contribution in [0.4, 0.5) is 0 Å². The number of carbonyl (C=O) groups is 2. The molecular formula is C11H14N2O6S. The number of hydrogen-bond donors (Lipinski definition) is 2. The van der Waals surface area contributed by atoms with Gasteiger partial charge in [0.1, 0.15) is 10.9 Å². The summed E-state index contributed by atoms with van der Waals surface area (Å²) in [5, 5.41) is 8.70. The van der Waals surface area contributed by atoms with Crippen LogP contribution in [0.1, 0.15) is 23.0 Å². The van der Waals surface area contributed by atoms with Crippen molar-refractivity contribution in [3.8, 4) is 0 Å². The molecule has 1 rings (SSSR count). The first-order valence-corrected chi connectivity index (χ1v) is 6.97. The van der Waals surface area contributed by atoms with Crippen LogP contribution >= 0.6 is 0 Å². The second-order valence-corrected chi connectivity index (χ2v) is 5.69. The van der Waals surface area contributed by atoms with Crippen molar-refractivity contribution < 1.29 is 27.9 Å². The highest BCUT2D eigenvalue weighted by Crippen LogP contribution is 2.14. The molecule has 20 heavy (non-hydrogen) atoms. The predicted molar refractivity (Wildman–Crippen MR) is 67.7 cm³/mol. The lowest BCUT2D eigenvalue weighted by atomic mass is 10.2. The van der Waals surface area contributed by atoms with E-state index in [9.17, 15) is 18.0 Å². The maximum Gasteiger partial charge on any atom is 0.339 e. The van der Waals surface area contributed by atoms with E-state index >= 15 is 0 Å². The van der Waals surface area contributed by atoms with Crippen LogP contribution in [0, 0.1) is 6.92 Å². The average Bonchev–Trinajstić information content (AvgIpc) is 2.37. The van der Waals surface area contributed by atoms with Gasteiger partial charge in [-0.3, -0.25) is 9.78 Å². The molecule has 0 fully saturated rings. The maximum absolute atomic E-state index is 12.0. The molecule has 1 aromatic heterocycles. The van der Waals surface area contributed by atoms with Crippen LogP contribution in [0.25, 0.3) is 0 Å². The number of carbonyl (C=O) groups excluding carboxylic acids is 1. The Balaban J connectivity index is 3.20. The van der Waals surface area contributed by atoms with E-state index in [2.05, 4.69) is 9.72 Å². The van der Waals surface area contributed by atoms with Crippen molar-refractivity contribution in [1.29, 1.82) is 0 Å². The van der Waals surface area contributed by atoms with Gasteiger partial charge in [0.2, 0.25) is 10.0 Å². The van der Waals surface area contributed by atoms with Crippen LogP contribution in [0.3, 0.4) is 0 Å². The van der Waals surface area contributed by atoms with E-state index in [1.165, 1.54) is 13.8 Å². The van der Waals surface area contributed by atoms with Gasteiger partial charge < -0.3 is 9.84 Å². The van der Waals surface area contributed by atoms with Crippen molar-refractivity contribution in [1.82, 2.24) is 9.71 Å². The molecule has 1 atom stereocenters. The van der Waals surface area contributed by atoms with Gasteiger partial charge in [-0.15, -0.1) is 0 Å². The number of hydrogen-bond acceptors (Lipinski definition) is 6. The van der Waals surface area contributed by atoms with Crippen molar-refractivity contribution in [3.63, 3.8) is 0 Å². The molecule has 0 aliphatic rings. The number of aromatic nitrogens is 1. The van der Waals surface area contributed by atoms with E-state index in [0.717, 1.165) is 19.4 Å². The van der Waals surface area contributed by atoms with Crippen molar-refractivity contribution in [2.24, 2.45) is 0 Å². The number of aliphatic carboxylic acids is 1. The molecule has 0 bridgehead atoms. The number of ether oxygens (including phenoxy) is 1. The molecule has 0 amide bonds. The lowest BCUT2D eigenvalue weighted by Gasteiger charge is -2.11. The molecule has 1 aromatic rings. The zero-order chi connectivity index (χ0) is 15.5. The van der Waals surface area contributed by atoms with E-state index in [1.54, 1.807) is 0 Å². The Morgan fingerprint density at radius 1 is 1.45 bits per heavy atom. The summed E-state index contributed by atoms with van der Waals surface area (Å²) in [4.78, 5) is 25.6. The SMILES string of the molecule is COC(=O)c1cc(S(=O)(=O)N[C@H](C)C(=O)O)cnc1C. The standard InChI is InChI=1S/C11H14N2O6S/c1-6-9(11(16)19-3)4-8(5-12-6)20(17,18)13-7(2)10(14)15/h4-5,7,13H,1-3H3,(H,14,15)/t7-/m1/s1. The molecule has 0 radical (unpaired) electrons. The molecule has 9 heteroatoms. The number of nitrogens with one attached hydrogen (secondary N) is 1. The number of sulfonamides is 1. The Hall–Kier alpha value is -2.00. The maximum atomic E-state index is 12.0. The van der Waals surface area contributed by atoms with Crippen molar-refractivity contribution in [2.75, 3.05) is 7.11 Å². The van der Waals surface area contributed by atoms with Gasteiger partial charge in [-0.1, -0.05) is 0 Å². The Morgan fingerprint density at radius 2 is 2.05 bits per heavy atom. The summed E-state index contributed by atoms with van der Waals surface area (Å²) >= 11 is 0. The highest BCUT2D eigenvalue weighted by atomic mass is 32.2. The van der Waals surface area contributed by atoms with Crippen molar-refractivity contribution >= 4 is 22.0 Å². The summed E-state index contributed by atoms with van der Waals surface area (Å²) < 4.78 is 30.4. The van der Waals surface area contributed by atoms with Gasteiger partial charge in [-0.25, -0.2) is 13.2 Å². The van der Waals surface area contributed by atoms with Crippen LogP contribution < -0.4 is 4.72 Å². The number of pyridine rings is 1. The molecular weight excluding hydrogens is 288 g/mol. The normalized spacial score (nSPS) is 12.8. The summed E-state index contributed by atoms with van der Waals surface area (Å²) in [6.07, 6.45) is 1.04. The fourth-order valence-electron chi connectivity index (χ4n) is 1.33. The Morgan fingerprint density at radius 3 is 2.55 bits per heavy atom. The van der Waals surface area contributed by atoms with E-state index in [4.69, 9.17) is 5.11 Å². The molecule has 0 saturated heterocycles. The number of esters is 1. The van der Waals surface area contributed by atoms with Gasteiger partial charge in [0.15, 0.2) is 0 Å². The van der Waals surface area contributed by atoms with Crippen molar-refractivity contribution in [2.45, 2.75) is 24.8 Å². The lowest BCUT2D eigenvalue weighted by molar-refractivity contribution is -0.138. The van der Waals surface area contributed by atoms with Crippen molar-refractivity contribution in [3.05, 3.63) is 23.5 Å². The summed E-state index contributed by atoms with van der Waals surface area (Å²) in [6.45, 7) is 2.71. The van der Waals surface area contributed by atoms with Gasteiger partial charge in [0, 0.05) is 6.20 Å². The first-order chi connectivity index (χ1) is 9.19. The van der Waals surface area contributed by atoms with E-state index in [1.807, 2.05) is 4.72 Å². The quantitative estimate of drug-likeness (QED) is 0.730. The number of rotatable bonds is 5. The minimum atomic E-state index is -4.09. The van der Waals surface area contributed by atoms with Crippen LogP contribution in [-0.4, -0.2) is 43.6 Å². The molecule has 8 nitrogen and oxygen atoms in total. The zero-order valence-electron chi connectivity index (χ0n) is 11.1. The highest BCUT2D eigenvalue weighted by Gasteiger charge is 2.23. The van der Waals surface area contributed by atoms with Crippen LogP contribution in [-0.2, 0) is 19.6 Å². The van der Waals surface area contributed by atoms with E-state index < -0.39 is 28.0 Å². The molecule has 0 saturated carbocycles. The summed E-state index contributed by atoms with van der Waals surface area (Å²) in [5.74, 6) is -2.04. The number of methoxy groups -OCH3 is 1. The van der Waals surface area contributed by atoms with Crippen LogP contribution in [0.2, 0.25) is 0 Å². The third-order valence-electron chi connectivity index (χ3n) is 2.48. The highest BCUT2D eigenvalue weighted by molar-refractivity contribution is 7.89. The largest absolute Gasteiger partial charge is 0.480 e. The third-order valence-corrected chi connectivity index (χ3v) is 3.99. The predicted octanol–water partition coefficient (Wildman–Crippen LogP) is -0.0720. The monoisotopic (exact) mass is 302 g/mol. The summed E-state index contributed by atoms with van der Waals surface area (Å²) in [7, 11) is -2.93. The zero-order valence-corrected chi connectivity index (χ0v) is 11.9. The topological polar surface area (TPSA) is 123 Å². The van der Waals surface area contributed by atoms with Gasteiger partial charge in [-0.2, -0.15) is 4.72 Å². The van der Waals surface area contributed by atoms with E-state index in [-0.39, 0.29) is 10.5 Å². The van der Waals surface area contributed by atoms with Gasteiger partial charge in [-0.05, 0) is 19.9 Å². The summed E-state index contributed by atoms with van der Waals surface area (Å²) in [6, 6.07) is -0.215. The van der Waals surface area contributed by atoms with E-state index in [0.29, 0.717) is 5.69 Å². The molecule has 0 spiro atoms. The molecule has 0 aliphatic heterocycles. The first kappa shape index (κ1) is 16.1. The minimum Gasteiger partial charge on any atom is -0.480 e. The average molecular weight is 302 g/mol. The Kier molecular flexibility index (Phi) is 4.79.